The van der Waals surface area contributed by atoms with Crippen molar-refractivity contribution in [3.63, 3.8) is 0 Å². The molecule has 0 radical (unpaired) electrons. The van der Waals surface area contributed by atoms with Crippen molar-refractivity contribution in [2.45, 2.75) is 11.4 Å². The summed E-state index contributed by atoms with van der Waals surface area (Å²) in [6, 6.07) is 8.41. The van der Waals surface area contributed by atoms with Gasteiger partial charge in [-0.1, -0.05) is 43.2 Å². The highest BCUT2D eigenvalue weighted by Crippen LogP contribution is 3.02. The van der Waals surface area contributed by atoms with E-state index >= 15 is 0 Å². The minimum Gasteiger partial charge on any atom is -0.348 e. The fourth-order valence-electron chi connectivity index (χ4n) is 1.75. The lowest BCUT2D eigenvalue weighted by atomic mass is 10.2. The van der Waals surface area contributed by atoms with Crippen molar-refractivity contribution in [3.8, 4) is 0 Å². The molecular weight excluding hydrogens is 361 g/mol. The van der Waals surface area contributed by atoms with Gasteiger partial charge in [-0.15, -0.1) is 0 Å². The smallest absolute Gasteiger partial charge is 0.310 e. The van der Waals surface area contributed by atoms with Crippen LogP contribution in [0, 0.1) is 0 Å². The quantitative estimate of drug-likeness (QED) is 0.663. The lowest BCUT2D eigenvalue weighted by molar-refractivity contribution is 0.0951. The highest BCUT2D eigenvalue weighted by molar-refractivity contribution is 8.45. The minimum absolute atomic E-state index is 0.0952. The van der Waals surface area contributed by atoms with E-state index in [0.717, 1.165) is 12.1 Å². The van der Waals surface area contributed by atoms with Crippen molar-refractivity contribution < 1.29 is 24.2 Å². The molecule has 9 heteroatoms. The number of hydrogen-bond donors (Lipinski definition) is 1. The van der Waals surface area contributed by atoms with Crippen LogP contribution in [0.25, 0.3) is 0 Å². The Labute approximate surface area is 134 Å². The van der Waals surface area contributed by atoms with Crippen LogP contribution in [-0.2, 0) is 6.54 Å². The van der Waals surface area contributed by atoms with E-state index in [1.165, 1.54) is 24.3 Å². The Morgan fingerprint density at radius 1 is 0.913 bits per heavy atom. The molecule has 126 valence electrons. The molecule has 2 nitrogen and oxygen atoms in total. The zero-order valence-electron chi connectivity index (χ0n) is 11.4. The van der Waals surface area contributed by atoms with Gasteiger partial charge in [0.15, 0.2) is 0 Å². The normalized spacial score (nSPS) is 14.7. The van der Waals surface area contributed by atoms with Crippen molar-refractivity contribution in [2.24, 2.45) is 0 Å². The first-order valence-electron chi connectivity index (χ1n) is 6.22. The van der Waals surface area contributed by atoms with Crippen LogP contribution >= 0.6 is 21.8 Å². The van der Waals surface area contributed by atoms with Gasteiger partial charge in [-0.3, -0.25) is 4.79 Å². The van der Waals surface area contributed by atoms with Crippen molar-refractivity contribution in [1.29, 1.82) is 0 Å². The number of benzene rings is 2. The predicted molar refractivity (Wildman–Crippen MR) is 80.5 cm³/mol. The SMILES string of the molecule is O=C(NCc1ccc(S(F)(F)(F)(F)F)cc1)c1ccc(Cl)cc1. The van der Waals surface area contributed by atoms with Gasteiger partial charge in [-0.25, -0.2) is 0 Å². The van der Waals surface area contributed by atoms with Crippen molar-refractivity contribution >= 4 is 27.7 Å². The van der Waals surface area contributed by atoms with E-state index in [4.69, 9.17) is 11.6 Å². The first-order valence-corrected chi connectivity index (χ1v) is 8.55. The largest absolute Gasteiger partial charge is 0.348 e. The first-order chi connectivity index (χ1) is 10.3. The molecule has 1 amide bonds. The van der Waals surface area contributed by atoms with E-state index in [9.17, 15) is 24.2 Å². The van der Waals surface area contributed by atoms with Gasteiger partial charge < -0.3 is 5.32 Å². The summed E-state index contributed by atoms with van der Waals surface area (Å²) in [6.45, 7) is -0.0952. The van der Waals surface area contributed by atoms with Crippen LogP contribution in [0.1, 0.15) is 15.9 Å². The number of amides is 1. The molecule has 2 aromatic rings. The molecule has 1 N–H and O–H groups in total. The second-order valence-corrected chi connectivity index (χ2v) is 7.65. The van der Waals surface area contributed by atoms with E-state index in [1.54, 1.807) is 0 Å². The average Bonchev–Trinajstić information content (AvgIpc) is 2.43. The van der Waals surface area contributed by atoms with Gasteiger partial charge in [0.1, 0.15) is 4.90 Å². The van der Waals surface area contributed by atoms with Gasteiger partial charge in [0, 0.05) is 17.1 Å². The number of carbonyl (C=O) groups is 1. The molecule has 0 fully saturated rings. The second kappa shape index (κ2) is 5.10. The third kappa shape index (κ3) is 4.84. The number of nitrogens with one attached hydrogen (secondary N) is 1. The Bertz CT molecular complexity index is 729. The molecule has 0 atom stereocenters. The number of rotatable bonds is 4. The third-order valence-electron chi connectivity index (χ3n) is 2.93. The topological polar surface area (TPSA) is 29.1 Å². The van der Waals surface area contributed by atoms with Crippen LogP contribution < -0.4 is 5.32 Å². The summed E-state index contributed by atoms with van der Waals surface area (Å²) in [5.74, 6) is -0.460. The van der Waals surface area contributed by atoms with Crippen LogP contribution in [-0.4, -0.2) is 5.91 Å². The molecule has 0 unspecified atom stereocenters. The highest BCUT2D eigenvalue weighted by atomic mass is 35.5. The fraction of sp³-hybridized carbons (Fsp3) is 0.0714. The van der Waals surface area contributed by atoms with Crippen LogP contribution in [0.15, 0.2) is 53.4 Å². The zero-order chi connectivity index (χ0) is 17.4. The van der Waals surface area contributed by atoms with E-state index in [1.807, 2.05) is 0 Å². The average molecular weight is 372 g/mol. The van der Waals surface area contributed by atoms with E-state index < -0.39 is 21.0 Å². The van der Waals surface area contributed by atoms with E-state index in [0.29, 0.717) is 22.7 Å². The molecule has 0 spiro atoms. The molecule has 0 saturated carbocycles. The standard InChI is InChI=1S/C14H11ClF5NOS/c15-12-5-3-11(4-6-12)14(22)21-9-10-1-7-13(8-2-10)23(16,17,18,19)20/h1-8H,9H2,(H,21,22). The number of hydrogen-bond acceptors (Lipinski definition) is 1. The molecular formula is C14H11ClF5NOS. The number of halogens is 6. The van der Waals surface area contributed by atoms with Crippen molar-refractivity contribution in [1.82, 2.24) is 5.32 Å². The summed E-state index contributed by atoms with van der Waals surface area (Å²) in [5, 5.41) is 2.92. The fourth-order valence-corrected chi connectivity index (χ4v) is 2.53. The molecule has 0 saturated heterocycles. The Balaban J connectivity index is 2.05. The Morgan fingerprint density at radius 3 is 1.91 bits per heavy atom. The maximum Gasteiger partial charge on any atom is 0.310 e. The Morgan fingerprint density at radius 2 is 1.43 bits per heavy atom. The zero-order valence-corrected chi connectivity index (χ0v) is 13.0. The molecule has 0 aliphatic rings. The molecule has 0 heterocycles. The summed E-state index contributed by atoms with van der Waals surface area (Å²) in [5.41, 5.74) is 0.580. The summed E-state index contributed by atoms with van der Waals surface area (Å²) in [4.78, 5) is 9.85. The number of carbonyl (C=O) groups excluding carboxylic acids is 1. The maximum atomic E-state index is 12.6. The van der Waals surface area contributed by atoms with Gasteiger partial charge >= 0.3 is 10.2 Å². The molecule has 0 aliphatic heterocycles. The summed E-state index contributed by atoms with van der Waals surface area (Å²) in [6.07, 6.45) is 0. The van der Waals surface area contributed by atoms with Crippen LogP contribution in [0.4, 0.5) is 19.4 Å². The summed E-state index contributed by atoms with van der Waals surface area (Å²) >= 11 is 5.68. The van der Waals surface area contributed by atoms with Gasteiger partial charge in [-0.2, -0.15) is 0 Å². The Kier molecular flexibility index (Phi) is 3.89. The lowest BCUT2D eigenvalue weighted by Crippen LogP contribution is -2.22. The lowest BCUT2D eigenvalue weighted by Gasteiger charge is -2.40. The second-order valence-electron chi connectivity index (χ2n) is 4.80. The van der Waals surface area contributed by atoms with Crippen LogP contribution in [0.5, 0.6) is 0 Å². The first kappa shape index (κ1) is 17.6. The highest BCUT2D eigenvalue weighted by Gasteiger charge is 2.65. The van der Waals surface area contributed by atoms with Crippen LogP contribution in [0.3, 0.4) is 0 Å². The Hall–Kier alpha value is -1.80. The molecule has 23 heavy (non-hydrogen) atoms. The van der Waals surface area contributed by atoms with Gasteiger partial charge in [0.2, 0.25) is 0 Å². The van der Waals surface area contributed by atoms with Gasteiger partial charge in [0.05, 0.1) is 0 Å². The van der Waals surface area contributed by atoms with Gasteiger partial charge in [0.25, 0.3) is 5.91 Å². The van der Waals surface area contributed by atoms with E-state index in [-0.39, 0.29) is 12.1 Å². The minimum atomic E-state index is -9.66. The van der Waals surface area contributed by atoms with Crippen molar-refractivity contribution in [3.05, 3.63) is 64.7 Å². The van der Waals surface area contributed by atoms with Gasteiger partial charge in [-0.05, 0) is 42.0 Å². The van der Waals surface area contributed by atoms with Crippen LogP contribution in [0.2, 0.25) is 5.02 Å². The summed E-state index contributed by atoms with van der Waals surface area (Å²) in [7, 11) is -9.66. The van der Waals surface area contributed by atoms with E-state index in [2.05, 4.69) is 5.32 Å². The molecule has 0 aromatic heterocycles. The maximum absolute atomic E-state index is 12.6. The third-order valence-corrected chi connectivity index (χ3v) is 4.34. The molecule has 0 bridgehead atoms. The predicted octanol–water partition coefficient (Wildman–Crippen LogP) is 5.93. The van der Waals surface area contributed by atoms with Crippen molar-refractivity contribution in [2.75, 3.05) is 0 Å². The summed E-state index contributed by atoms with van der Waals surface area (Å²) < 4.78 is 62.8. The molecule has 2 rings (SSSR count). The molecule has 2 aromatic carbocycles. The monoisotopic (exact) mass is 371 g/mol. The molecule has 0 aliphatic carbocycles.